The van der Waals surface area contributed by atoms with Crippen molar-refractivity contribution < 1.29 is 0 Å². The molecule has 0 fully saturated rings. The van der Waals surface area contributed by atoms with Gasteiger partial charge in [-0.05, 0) is 76.6 Å². The molecule has 5 rings (SSSR count). The lowest BCUT2D eigenvalue weighted by molar-refractivity contribution is 0.533. The quantitative estimate of drug-likeness (QED) is 0.255. The van der Waals surface area contributed by atoms with Crippen LogP contribution >= 0.6 is 0 Å². The van der Waals surface area contributed by atoms with E-state index in [9.17, 15) is 0 Å². The lowest BCUT2D eigenvalue weighted by atomic mass is 9.76. The Balaban J connectivity index is 1.94. The predicted octanol–water partition coefficient (Wildman–Crippen LogP) is 11.2. The van der Waals surface area contributed by atoms with Gasteiger partial charge in [0.15, 0.2) is 0 Å². The van der Waals surface area contributed by atoms with Gasteiger partial charge in [0.1, 0.15) is 0 Å². The van der Waals surface area contributed by atoms with Gasteiger partial charge in [0.05, 0.1) is 5.69 Å². The molecule has 0 heterocycles. The van der Waals surface area contributed by atoms with Gasteiger partial charge in [0, 0.05) is 22.2 Å². The van der Waals surface area contributed by atoms with Gasteiger partial charge in [-0.15, -0.1) is 0 Å². The lowest BCUT2D eigenvalue weighted by Crippen LogP contribution is -2.41. The van der Waals surface area contributed by atoms with Crippen LogP contribution in [0, 0.1) is 0 Å². The van der Waals surface area contributed by atoms with Gasteiger partial charge >= 0.3 is 0 Å². The molecule has 208 valence electrons. The average molecular weight is 530 g/mol. The van der Waals surface area contributed by atoms with Crippen LogP contribution in [0.4, 0.5) is 11.4 Å². The molecule has 0 unspecified atom stereocenters. The van der Waals surface area contributed by atoms with Gasteiger partial charge in [-0.1, -0.05) is 134 Å². The SMILES string of the molecule is CC(C)(C)c1cccc(-c2ccccc2)c1N(c1ccc2c(c1C(C)(C)C)-c1ccccc1C2(C)C)C(C)(C)C. The highest BCUT2D eigenvalue weighted by molar-refractivity contribution is 5.92. The highest BCUT2D eigenvalue weighted by Crippen LogP contribution is 2.56. The standard InChI is InChI=1S/C39H47N/c1-36(2,3)31-23-17-21-27(26-18-13-12-14-19-26)35(31)40(38(7,8)9)32-25-24-30-33(34(32)37(4,5)6)28-20-15-16-22-29(28)39(30,10)11/h12-25H,1-11H3. The zero-order valence-electron chi connectivity index (χ0n) is 26.5. The summed E-state index contributed by atoms with van der Waals surface area (Å²) in [6.45, 7) is 26.0. The summed E-state index contributed by atoms with van der Waals surface area (Å²) in [5.41, 5.74) is 13.3. The molecule has 0 atom stereocenters. The molecule has 0 aliphatic heterocycles. The number of rotatable bonds is 3. The number of nitrogens with zero attached hydrogens (tertiary/aromatic N) is 1. The summed E-state index contributed by atoms with van der Waals surface area (Å²) in [7, 11) is 0. The van der Waals surface area contributed by atoms with Crippen molar-refractivity contribution in [3.05, 3.63) is 107 Å². The van der Waals surface area contributed by atoms with E-state index in [0.717, 1.165) is 0 Å². The topological polar surface area (TPSA) is 3.24 Å². The highest BCUT2D eigenvalue weighted by atomic mass is 15.2. The summed E-state index contributed by atoms with van der Waals surface area (Å²) >= 11 is 0. The molecule has 0 radical (unpaired) electrons. The normalized spacial score (nSPS) is 14.6. The number of fused-ring (bicyclic) bond motifs is 3. The first-order valence-electron chi connectivity index (χ1n) is 14.8. The third kappa shape index (κ3) is 4.58. The summed E-state index contributed by atoms with van der Waals surface area (Å²) in [6, 6.07) is 31.7. The van der Waals surface area contributed by atoms with E-state index in [1.54, 1.807) is 0 Å². The first-order valence-corrected chi connectivity index (χ1v) is 14.8. The van der Waals surface area contributed by atoms with Crippen LogP contribution in [0.2, 0.25) is 0 Å². The van der Waals surface area contributed by atoms with Crippen LogP contribution in [0.3, 0.4) is 0 Å². The molecule has 1 aliphatic rings. The maximum absolute atomic E-state index is 2.66. The Morgan fingerprint density at radius 3 is 1.75 bits per heavy atom. The van der Waals surface area contributed by atoms with Crippen LogP contribution in [0.15, 0.2) is 84.9 Å². The first-order chi connectivity index (χ1) is 18.5. The van der Waals surface area contributed by atoms with Crippen LogP contribution in [-0.2, 0) is 16.2 Å². The van der Waals surface area contributed by atoms with Gasteiger partial charge in [0.2, 0.25) is 0 Å². The fourth-order valence-corrected chi connectivity index (χ4v) is 6.79. The maximum atomic E-state index is 2.66. The van der Waals surface area contributed by atoms with E-state index in [0.29, 0.717) is 0 Å². The van der Waals surface area contributed by atoms with Gasteiger partial charge in [-0.2, -0.15) is 0 Å². The van der Waals surface area contributed by atoms with Crippen LogP contribution in [-0.4, -0.2) is 5.54 Å². The molecule has 4 aromatic rings. The smallest absolute Gasteiger partial charge is 0.0533 e. The van der Waals surface area contributed by atoms with E-state index >= 15 is 0 Å². The Morgan fingerprint density at radius 1 is 0.550 bits per heavy atom. The third-order valence-electron chi connectivity index (χ3n) is 8.54. The van der Waals surface area contributed by atoms with Crippen molar-refractivity contribution in [2.45, 2.75) is 97.9 Å². The van der Waals surface area contributed by atoms with Crippen molar-refractivity contribution in [1.29, 1.82) is 0 Å². The molecule has 0 spiro atoms. The van der Waals surface area contributed by atoms with Crippen molar-refractivity contribution in [2.24, 2.45) is 0 Å². The molecule has 1 nitrogen and oxygen atoms in total. The Labute approximate surface area is 243 Å². The number of hydrogen-bond acceptors (Lipinski definition) is 1. The Bertz CT molecular complexity index is 1550. The monoisotopic (exact) mass is 529 g/mol. The molecule has 0 saturated carbocycles. The molecule has 0 amide bonds. The fraction of sp³-hybridized carbons (Fsp3) is 0.385. The van der Waals surface area contributed by atoms with E-state index in [1.165, 1.54) is 55.9 Å². The molecule has 40 heavy (non-hydrogen) atoms. The van der Waals surface area contributed by atoms with Crippen LogP contribution in [0.25, 0.3) is 22.3 Å². The molecule has 1 heteroatoms. The molecule has 0 bridgehead atoms. The number of benzene rings is 4. The molecule has 0 saturated heterocycles. The summed E-state index contributed by atoms with van der Waals surface area (Å²) in [5.74, 6) is 0. The van der Waals surface area contributed by atoms with E-state index in [4.69, 9.17) is 0 Å². The first kappa shape index (κ1) is 28.2. The Hall–Kier alpha value is -3.32. The minimum absolute atomic E-state index is 0.0309. The summed E-state index contributed by atoms with van der Waals surface area (Å²) in [4.78, 5) is 2.66. The molecular weight excluding hydrogens is 482 g/mol. The summed E-state index contributed by atoms with van der Waals surface area (Å²) in [6.07, 6.45) is 0. The molecule has 0 N–H and O–H groups in total. The largest absolute Gasteiger partial charge is 0.335 e. The minimum atomic E-state index is -0.174. The predicted molar refractivity (Wildman–Crippen MR) is 175 cm³/mol. The second-order valence-electron chi connectivity index (χ2n) is 15.1. The molecule has 4 aromatic carbocycles. The minimum Gasteiger partial charge on any atom is -0.335 e. The maximum Gasteiger partial charge on any atom is 0.0533 e. The van der Waals surface area contributed by atoms with Gasteiger partial charge < -0.3 is 4.90 Å². The highest BCUT2D eigenvalue weighted by Gasteiger charge is 2.42. The molecular formula is C39H47N. The van der Waals surface area contributed by atoms with Crippen molar-refractivity contribution in [1.82, 2.24) is 0 Å². The van der Waals surface area contributed by atoms with E-state index < -0.39 is 0 Å². The van der Waals surface area contributed by atoms with Gasteiger partial charge in [-0.3, -0.25) is 0 Å². The molecule has 0 aromatic heterocycles. The van der Waals surface area contributed by atoms with E-state index in [2.05, 4.69) is 166 Å². The van der Waals surface area contributed by atoms with Crippen molar-refractivity contribution >= 4 is 11.4 Å². The van der Waals surface area contributed by atoms with Crippen LogP contribution in [0.5, 0.6) is 0 Å². The lowest BCUT2D eigenvalue weighted by Gasteiger charge is -2.45. The second kappa shape index (κ2) is 9.37. The zero-order chi connectivity index (χ0) is 29.3. The van der Waals surface area contributed by atoms with E-state index in [-0.39, 0.29) is 21.8 Å². The van der Waals surface area contributed by atoms with Crippen molar-refractivity contribution in [3.63, 3.8) is 0 Å². The second-order valence-corrected chi connectivity index (χ2v) is 15.1. The number of anilines is 2. The Morgan fingerprint density at radius 2 is 1.15 bits per heavy atom. The third-order valence-corrected chi connectivity index (χ3v) is 8.54. The molecule has 1 aliphatic carbocycles. The van der Waals surface area contributed by atoms with Crippen LogP contribution < -0.4 is 4.90 Å². The van der Waals surface area contributed by atoms with Gasteiger partial charge in [-0.25, -0.2) is 0 Å². The van der Waals surface area contributed by atoms with Crippen LogP contribution in [0.1, 0.15) is 98.4 Å². The fourth-order valence-electron chi connectivity index (χ4n) is 6.79. The number of hydrogen-bond donors (Lipinski definition) is 0. The van der Waals surface area contributed by atoms with Crippen molar-refractivity contribution in [3.8, 4) is 22.3 Å². The average Bonchev–Trinajstić information content (AvgIpc) is 3.09. The number of para-hydroxylation sites is 1. The zero-order valence-corrected chi connectivity index (χ0v) is 26.5. The summed E-state index contributed by atoms with van der Waals surface area (Å²) in [5, 5.41) is 0. The summed E-state index contributed by atoms with van der Waals surface area (Å²) < 4.78 is 0. The van der Waals surface area contributed by atoms with E-state index in [1.807, 2.05) is 0 Å². The Kier molecular flexibility index (Phi) is 6.61. The van der Waals surface area contributed by atoms with Gasteiger partial charge in [0.25, 0.3) is 0 Å². The van der Waals surface area contributed by atoms with Crippen molar-refractivity contribution in [2.75, 3.05) is 4.90 Å².